The molecule has 0 amide bonds. The summed E-state index contributed by atoms with van der Waals surface area (Å²) in [6.45, 7) is 0. The van der Waals surface area contributed by atoms with Crippen LogP contribution in [0.5, 0.6) is 0 Å². The predicted octanol–water partition coefficient (Wildman–Crippen LogP) is 10.5. The van der Waals surface area contributed by atoms with Crippen LogP contribution < -0.4 is 0 Å². The van der Waals surface area contributed by atoms with Crippen LogP contribution in [0.4, 0.5) is 0 Å². The zero-order valence-electron chi connectivity index (χ0n) is 18.6. The summed E-state index contributed by atoms with van der Waals surface area (Å²) < 4.78 is 3.88. The SMILES string of the molecule is O=CC(=C1SC(C=C2SC3=C(CCCC3)S2)=C(C=C2SC3=C(CCCC3)S2)S1)c1ccccc1. The molecule has 0 fully saturated rings. The van der Waals surface area contributed by atoms with Gasteiger partial charge in [0.05, 0.1) is 12.7 Å². The molecule has 0 radical (unpaired) electrons. The Labute approximate surface area is 227 Å². The van der Waals surface area contributed by atoms with Crippen LogP contribution in [0.25, 0.3) is 5.57 Å². The maximum atomic E-state index is 12.2. The average Bonchev–Trinajstić information content (AvgIpc) is 3.57. The maximum Gasteiger partial charge on any atom is 0.152 e. The van der Waals surface area contributed by atoms with E-state index in [9.17, 15) is 4.79 Å². The Morgan fingerprint density at radius 3 is 1.47 bits per heavy atom. The number of hydrogen-bond acceptors (Lipinski definition) is 7. The van der Waals surface area contributed by atoms with Gasteiger partial charge in [-0.05, 0) is 69.1 Å². The van der Waals surface area contributed by atoms with Crippen LogP contribution in [-0.4, -0.2) is 6.29 Å². The molecule has 1 aromatic rings. The molecule has 0 aromatic heterocycles. The van der Waals surface area contributed by atoms with Gasteiger partial charge in [-0.1, -0.05) is 101 Å². The molecule has 0 saturated heterocycles. The van der Waals surface area contributed by atoms with E-state index in [0.29, 0.717) is 0 Å². The number of hydrogen-bond donors (Lipinski definition) is 0. The number of carbonyl (C=O) groups excluding carboxylic acids is 1. The van der Waals surface area contributed by atoms with E-state index >= 15 is 0 Å². The summed E-state index contributed by atoms with van der Waals surface area (Å²) in [5.74, 6) is 0. The van der Waals surface area contributed by atoms with E-state index < -0.39 is 0 Å². The fraction of sp³-hybridized carbons (Fsp3) is 0.296. The Morgan fingerprint density at radius 1 is 0.618 bits per heavy atom. The molecule has 0 spiro atoms. The van der Waals surface area contributed by atoms with Gasteiger partial charge in [-0.15, -0.1) is 0 Å². The lowest BCUT2D eigenvalue weighted by atomic mass is 10.1. The number of thioether (sulfide) groups is 6. The van der Waals surface area contributed by atoms with Crippen LogP contribution in [0.3, 0.4) is 0 Å². The van der Waals surface area contributed by atoms with E-state index in [-0.39, 0.29) is 0 Å². The number of carbonyl (C=O) groups is 1. The molecule has 3 heterocycles. The number of allylic oxidation sites excluding steroid dienone is 7. The molecule has 7 heteroatoms. The molecule has 1 nitrogen and oxygen atoms in total. The van der Waals surface area contributed by atoms with Gasteiger partial charge in [-0.25, -0.2) is 0 Å². The Morgan fingerprint density at radius 2 is 1.06 bits per heavy atom. The fourth-order valence-corrected chi connectivity index (χ4v) is 12.9. The monoisotopic (exact) mass is 556 g/mol. The highest BCUT2D eigenvalue weighted by atomic mass is 32.2. The van der Waals surface area contributed by atoms with Crippen LogP contribution in [0.2, 0.25) is 0 Å². The van der Waals surface area contributed by atoms with Crippen LogP contribution in [0, 0.1) is 0 Å². The van der Waals surface area contributed by atoms with Gasteiger partial charge < -0.3 is 0 Å². The third-order valence-corrected chi connectivity index (χ3v) is 14.1. The molecular weight excluding hydrogens is 533 g/mol. The molecule has 0 unspecified atom stereocenters. The van der Waals surface area contributed by atoms with Gasteiger partial charge >= 0.3 is 0 Å². The van der Waals surface area contributed by atoms with Crippen molar-refractivity contribution in [2.45, 2.75) is 51.4 Å². The third kappa shape index (κ3) is 5.12. The van der Waals surface area contributed by atoms with Gasteiger partial charge in [0.15, 0.2) is 6.29 Å². The van der Waals surface area contributed by atoms with Crippen molar-refractivity contribution in [1.29, 1.82) is 0 Å². The standard InChI is InChI=1S/C27H24OS6/c28-16-18(17-8-2-1-3-9-17)27-33-23(14-25-29-19-10-4-5-11-20(19)30-25)24(34-27)15-26-31-21-12-6-7-13-22(21)32-26/h1-3,8-9,14-16H,4-7,10-13H2. The van der Waals surface area contributed by atoms with Crippen molar-refractivity contribution in [2.75, 3.05) is 0 Å². The fourth-order valence-electron chi connectivity index (χ4n) is 4.48. The van der Waals surface area contributed by atoms with E-state index in [1.54, 1.807) is 43.1 Å². The second-order valence-electron chi connectivity index (χ2n) is 8.56. The molecule has 34 heavy (non-hydrogen) atoms. The minimum atomic E-state index is 0.799. The van der Waals surface area contributed by atoms with Gasteiger partial charge in [0.1, 0.15) is 0 Å². The molecule has 0 saturated carbocycles. The summed E-state index contributed by atoms with van der Waals surface area (Å²) in [5.41, 5.74) is 1.80. The van der Waals surface area contributed by atoms with Crippen LogP contribution >= 0.6 is 70.6 Å². The minimum absolute atomic E-state index is 0.799. The molecular formula is C27H24OS6. The van der Waals surface area contributed by atoms with Crippen molar-refractivity contribution in [3.63, 3.8) is 0 Å². The average molecular weight is 557 g/mol. The summed E-state index contributed by atoms with van der Waals surface area (Å²) in [4.78, 5) is 21.1. The number of benzene rings is 1. The summed E-state index contributed by atoms with van der Waals surface area (Å²) in [6, 6.07) is 10.1. The van der Waals surface area contributed by atoms with Crippen LogP contribution in [0.15, 0.2) is 84.6 Å². The summed E-state index contributed by atoms with van der Waals surface area (Å²) >= 11 is 11.4. The molecule has 0 atom stereocenters. The quantitative estimate of drug-likeness (QED) is 0.267. The molecule has 6 rings (SSSR count). The number of rotatable bonds is 4. The van der Waals surface area contributed by atoms with Gasteiger partial charge in [0.25, 0.3) is 0 Å². The highest BCUT2D eigenvalue weighted by Gasteiger charge is 2.29. The van der Waals surface area contributed by atoms with E-state index in [1.807, 2.05) is 77.4 Å². The lowest BCUT2D eigenvalue weighted by Gasteiger charge is -2.10. The van der Waals surface area contributed by atoms with Crippen molar-refractivity contribution in [2.24, 2.45) is 0 Å². The van der Waals surface area contributed by atoms with E-state index in [2.05, 4.69) is 12.2 Å². The highest BCUT2D eigenvalue weighted by Crippen LogP contribution is 2.60. The van der Waals surface area contributed by atoms with Gasteiger partial charge in [-0.2, -0.15) is 0 Å². The summed E-state index contributed by atoms with van der Waals surface area (Å²) in [6.07, 6.45) is 16.0. The first-order valence-corrected chi connectivity index (χ1v) is 16.6. The molecule has 0 bridgehead atoms. The van der Waals surface area contributed by atoms with E-state index in [0.717, 1.165) is 21.7 Å². The first-order chi connectivity index (χ1) is 16.8. The van der Waals surface area contributed by atoms with Gasteiger partial charge in [0, 0.05) is 35.0 Å². The molecule has 5 aliphatic rings. The van der Waals surface area contributed by atoms with E-state index in [1.165, 1.54) is 69.7 Å². The van der Waals surface area contributed by atoms with Gasteiger partial charge in [0.2, 0.25) is 0 Å². The van der Waals surface area contributed by atoms with Crippen molar-refractivity contribution in [3.8, 4) is 0 Å². The minimum Gasteiger partial charge on any atom is -0.298 e. The lowest BCUT2D eigenvalue weighted by molar-refractivity contribution is -0.103. The number of aldehydes is 1. The van der Waals surface area contributed by atoms with Crippen LogP contribution in [-0.2, 0) is 4.79 Å². The Bertz CT molecular complexity index is 1110. The second kappa shape index (κ2) is 10.8. The highest BCUT2D eigenvalue weighted by molar-refractivity contribution is 8.30. The zero-order chi connectivity index (χ0) is 22.9. The predicted molar refractivity (Wildman–Crippen MR) is 159 cm³/mol. The molecule has 2 aliphatic carbocycles. The van der Waals surface area contributed by atoms with Crippen molar-refractivity contribution < 1.29 is 4.79 Å². The van der Waals surface area contributed by atoms with Crippen LogP contribution in [0.1, 0.15) is 56.9 Å². The van der Waals surface area contributed by atoms with Crippen molar-refractivity contribution in [3.05, 3.63) is 90.2 Å². The summed E-state index contributed by atoms with van der Waals surface area (Å²) in [7, 11) is 0. The Hall–Kier alpha value is -0.570. The second-order valence-corrected chi connectivity index (χ2v) is 16.0. The normalized spacial score (nSPS) is 22.4. The summed E-state index contributed by atoms with van der Waals surface area (Å²) in [5, 5.41) is 0. The lowest BCUT2D eigenvalue weighted by Crippen LogP contribution is -1.89. The van der Waals surface area contributed by atoms with Crippen molar-refractivity contribution in [1.82, 2.24) is 0 Å². The first kappa shape index (κ1) is 23.8. The zero-order valence-corrected chi connectivity index (χ0v) is 23.5. The smallest absolute Gasteiger partial charge is 0.152 e. The van der Waals surface area contributed by atoms with E-state index in [4.69, 9.17) is 0 Å². The Balaban J connectivity index is 1.32. The topological polar surface area (TPSA) is 17.1 Å². The molecule has 1 aromatic carbocycles. The molecule has 3 aliphatic heterocycles. The van der Waals surface area contributed by atoms with Crippen molar-refractivity contribution >= 4 is 82.4 Å². The third-order valence-electron chi connectivity index (χ3n) is 6.20. The molecule has 0 N–H and O–H groups in total. The Kier molecular flexibility index (Phi) is 7.57. The van der Waals surface area contributed by atoms with Gasteiger partial charge in [-0.3, -0.25) is 4.79 Å². The molecule has 174 valence electrons. The largest absolute Gasteiger partial charge is 0.298 e. The first-order valence-electron chi connectivity index (χ1n) is 11.7. The maximum absolute atomic E-state index is 12.2.